The van der Waals surface area contributed by atoms with Crippen molar-refractivity contribution in [2.24, 2.45) is 0 Å². The van der Waals surface area contributed by atoms with Gasteiger partial charge in [-0.25, -0.2) is 9.69 Å². The summed E-state index contributed by atoms with van der Waals surface area (Å²) in [5.74, 6) is -0.271. The van der Waals surface area contributed by atoms with Gasteiger partial charge in [0.05, 0.1) is 5.69 Å². The molecule has 1 aliphatic rings. The predicted molar refractivity (Wildman–Crippen MR) is 148 cm³/mol. The minimum absolute atomic E-state index is 0.157. The van der Waals surface area contributed by atoms with Crippen LogP contribution in [0.4, 0.5) is 10.5 Å². The van der Waals surface area contributed by atoms with Crippen molar-refractivity contribution in [3.8, 4) is 11.5 Å². The van der Waals surface area contributed by atoms with Crippen LogP contribution in [0.5, 0.6) is 11.5 Å². The maximum Gasteiger partial charge on any atom is 0.335 e. The van der Waals surface area contributed by atoms with Gasteiger partial charge in [-0.3, -0.25) is 14.9 Å². The topological polar surface area (TPSA) is 84.9 Å². The molecule has 39 heavy (non-hydrogen) atoms. The average Bonchev–Trinajstić information content (AvgIpc) is 2.95. The van der Waals surface area contributed by atoms with Gasteiger partial charge in [-0.1, -0.05) is 66.2 Å². The summed E-state index contributed by atoms with van der Waals surface area (Å²) in [5, 5.41) is 2.88. The highest BCUT2D eigenvalue weighted by atomic mass is 35.5. The molecular formula is C31H23ClN2O5. The highest BCUT2D eigenvalue weighted by Crippen LogP contribution is 2.25. The first-order valence-electron chi connectivity index (χ1n) is 12.1. The number of hydrogen-bond acceptors (Lipinski definition) is 5. The lowest BCUT2D eigenvalue weighted by Crippen LogP contribution is -2.54. The average molecular weight is 539 g/mol. The van der Waals surface area contributed by atoms with Crippen LogP contribution in [0.3, 0.4) is 0 Å². The van der Waals surface area contributed by atoms with Crippen LogP contribution in [0.2, 0.25) is 5.02 Å². The Balaban J connectivity index is 1.26. The van der Waals surface area contributed by atoms with E-state index in [0.29, 0.717) is 41.0 Å². The van der Waals surface area contributed by atoms with Gasteiger partial charge in [-0.2, -0.15) is 0 Å². The summed E-state index contributed by atoms with van der Waals surface area (Å²) in [6.45, 7) is 0.751. The Bertz CT molecular complexity index is 1520. The number of halogens is 1. The number of imide groups is 2. The Kier molecular flexibility index (Phi) is 7.70. The number of nitrogens with zero attached hydrogens (tertiary/aromatic N) is 1. The number of carbonyl (C=O) groups is 3. The number of barbiturate groups is 1. The second-order valence-electron chi connectivity index (χ2n) is 8.71. The molecule has 1 heterocycles. The number of amides is 4. The van der Waals surface area contributed by atoms with Crippen molar-refractivity contribution in [1.29, 1.82) is 0 Å². The first kappa shape index (κ1) is 25.8. The van der Waals surface area contributed by atoms with Crippen LogP contribution < -0.4 is 19.7 Å². The Morgan fingerprint density at radius 3 is 1.87 bits per heavy atom. The molecule has 0 atom stereocenters. The van der Waals surface area contributed by atoms with E-state index < -0.39 is 17.8 Å². The van der Waals surface area contributed by atoms with Crippen LogP contribution in [0.25, 0.3) is 6.08 Å². The molecule has 4 aromatic carbocycles. The fourth-order valence-electron chi connectivity index (χ4n) is 3.90. The van der Waals surface area contributed by atoms with Crippen molar-refractivity contribution in [1.82, 2.24) is 5.32 Å². The first-order chi connectivity index (χ1) is 19.0. The Labute approximate surface area is 230 Å². The first-order valence-corrected chi connectivity index (χ1v) is 12.5. The van der Waals surface area contributed by atoms with Gasteiger partial charge in [0.15, 0.2) is 0 Å². The van der Waals surface area contributed by atoms with Gasteiger partial charge in [0.25, 0.3) is 11.8 Å². The molecule has 1 aliphatic heterocycles. The maximum atomic E-state index is 13.2. The normalized spacial score (nSPS) is 14.3. The summed E-state index contributed by atoms with van der Waals surface area (Å²) in [6.07, 6.45) is 1.45. The highest BCUT2D eigenvalue weighted by molar-refractivity contribution is 6.39. The number of nitrogens with one attached hydrogen (secondary N) is 1. The molecule has 7 nitrogen and oxygen atoms in total. The van der Waals surface area contributed by atoms with Gasteiger partial charge in [0.2, 0.25) is 0 Å². The SMILES string of the molecule is O=C1NC(=O)N(c2ccc(OCc3ccc(Cl)cc3)cc2)C(=O)/C1=C/c1ccc(OCc2ccccc2)cc1. The Hall–Kier alpha value is -4.88. The lowest BCUT2D eigenvalue weighted by molar-refractivity contribution is -0.122. The largest absolute Gasteiger partial charge is 0.489 e. The molecule has 4 aromatic rings. The maximum absolute atomic E-state index is 13.2. The number of urea groups is 1. The van der Waals surface area contributed by atoms with E-state index in [1.807, 2.05) is 42.5 Å². The van der Waals surface area contributed by atoms with E-state index in [1.165, 1.54) is 6.08 Å². The standard InChI is InChI=1S/C31H23ClN2O5/c32-24-10-6-23(7-11-24)20-39-27-16-12-25(13-17-27)34-30(36)28(29(35)33-31(34)37)18-21-8-14-26(15-9-21)38-19-22-4-2-1-3-5-22/h1-18H,19-20H2,(H,33,35,37)/b28-18+. The third kappa shape index (κ3) is 6.34. The summed E-state index contributed by atoms with van der Waals surface area (Å²) < 4.78 is 11.6. The van der Waals surface area contributed by atoms with Gasteiger partial charge in [-0.15, -0.1) is 0 Å². The van der Waals surface area contributed by atoms with Crippen LogP contribution in [0, 0.1) is 0 Å². The molecule has 1 fully saturated rings. The zero-order valence-corrected chi connectivity index (χ0v) is 21.4. The fraction of sp³-hybridized carbons (Fsp3) is 0.0645. The Morgan fingerprint density at radius 2 is 1.26 bits per heavy atom. The van der Waals surface area contributed by atoms with Crippen molar-refractivity contribution >= 4 is 41.2 Å². The highest BCUT2D eigenvalue weighted by Gasteiger charge is 2.36. The van der Waals surface area contributed by atoms with Crippen LogP contribution in [-0.4, -0.2) is 17.8 Å². The van der Waals surface area contributed by atoms with E-state index in [-0.39, 0.29) is 5.57 Å². The second-order valence-corrected chi connectivity index (χ2v) is 9.15. The van der Waals surface area contributed by atoms with Crippen LogP contribution in [-0.2, 0) is 22.8 Å². The molecule has 0 unspecified atom stereocenters. The number of benzene rings is 4. The zero-order valence-electron chi connectivity index (χ0n) is 20.7. The molecule has 4 amide bonds. The summed E-state index contributed by atoms with van der Waals surface area (Å²) in [5.41, 5.74) is 2.74. The molecule has 194 valence electrons. The number of anilines is 1. The lowest BCUT2D eigenvalue weighted by atomic mass is 10.1. The van der Waals surface area contributed by atoms with Crippen molar-refractivity contribution in [3.05, 3.63) is 130 Å². The summed E-state index contributed by atoms with van der Waals surface area (Å²) in [6, 6.07) is 29.7. The predicted octanol–water partition coefficient (Wildman–Crippen LogP) is 6.16. The van der Waals surface area contributed by atoms with E-state index >= 15 is 0 Å². The second kappa shape index (κ2) is 11.7. The molecule has 0 radical (unpaired) electrons. The fourth-order valence-corrected chi connectivity index (χ4v) is 4.02. The summed E-state index contributed by atoms with van der Waals surface area (Å²) in [7, 11) is 0. The number of carbonyl (C=O) groups excluding carboxylic acids is 3. The minimum Gasteiger partial charge on any atom is -0.489 e. The molecule has 1 N–H and O–H groups in total. The van der Waals surface area contributed by atoms with Gasteiger partial charge in [0.1, 0.15) is 30.3 Å². The van der Waals surface area contributed by atoms with Crippen molar-refractivity contribution in [3.63, 3.8) is 0 Å². The molecular weight excluding hydrogens is 516 g/mol. The number of ether oxygens (including phenoxy) is 2. The lowest BCUT2D eigenvalue weighted by Gasteiger charge is -2.26. The molecule has 8 heteroatoms. The molecule has 0 bridgehead atoms. The van der Waals surface area contributed by atoms with Gasteiger partial charge >= 0.3 is 6.03 Å². The molecule has 1 saturated heterocycles. The molecule has 0 aromatic heterocycles. The van der Waals surface area contributed by atoms with E-state index in [2.05, 4.69) is 5.32 Å². The smallest absolute Gasteiger partial charge is 0.335 e. The summed E-state index contributed by atoms with van der Waals surface area (Å²) >= 11 is 5.91. The van der Waals surface area contributed by atoms with Crippen molar-refractivity contribution in [2.75, 3.05) is 4.90 Å². The van der Waals surface area contributed by atoms with Crippen molar-refractivity contribution in [2.45, 2.75) is 13.2 Å². The van der Waals surface area contributed by atoms with Crippen LogP contribution in [0.1, 0.15) is 16.7 Å². The van der Waals surface area contributed by atoms with Crippen LogP contribution in [0.15, 0.2) is 109 Å². The zero-order chi connectivity index (χ0) is 27.2. The van der Waals surface area contributed by atoms with Crippen molar-refractivity contribution < 1.29 is 23.9 Å². The number of rotatable bonds is 8. The molecule has 0 saturated carbocycles. The quantitative estimate of drug-likeness (QED) is 0.214. The molecule has 0 spiro atoms. The van der Waals surface area contributed by atoms with E-state index in [0.717, 1.165) is 16.0 Å². The third-order valence-corrected chi connectivity index (χ3v) is 6.21. The van der Waals surface area contributed by atoms with Gasteiger partial charge in [0, 0.05) is 5.02 Å². The monoisotopic (exact) mass is 538 g/mol. The summed E-state index contributed by atoms with van der Waals surface area (Å²) in [4.78, 5) is 39.2. The third-order valence-electron chi connectivity index (χ3n) is 5.95. The van der Waals surface area contributed by atoms with E-state index in [9.17, 15) is 14.4 Å². The van der Waals surface area contributed by atoms with Gasteiger partial charge < -0.3 is 9.47 Å². The minimum atomic E-state index is -0.818. The molecule has 0 aliphatic carbocycles. The van der Waals surface area contributed by atoms with Crippen LogP contribution >= 0.6 is 11.6 Å². The van der Waals surface area contributed by atoms with E-state index in [1.54, 1.807) is 60.7 Å². The molecule has 5 rings (SSSR count). The van der Waals surface area contributed by atoms with E-state index in [4.69, 9.17) is 21.1 Å². The number of hydrogen-bond donors (Lipinski definition) is 1. The van der Waals surface area contributed by atoms with Gasteiger partial charge in [-0.05, 0) is 71.3 Å². The Morgan fingerprint density at radius 1 is 0.692 bits per heavy atom.